The maximum absolute atomic E-state index is 13.0. The van der Waals surface area contributed by atoms with E-state index in [0.717, 1.165) is 16.0 Å². The molecule has 4 nitrogen and oxygen atoms in total. The van der Waals surface area contributed by atoms with Crippen LogP contribution in [0.1, 0.15) is 28.1 Å². The van der Waals surface area contributed by atoms with Gasteiger partial charge in [-0.15, -0.1) is 11.3 Å². The molecule has 5 heteroatoms. The van der Waals surface area contributed by atoms with Gasteiger partial charge in [0.1, 0.15) is 0 Å². The van der Waals surface area contributed by atoms with Crippen LogP contribution in [0.15, 0.2) is 72.8 Å². The van der Waals surface area contributed by atoms with Gasteiger partial charge in [-0.3, -0.25) is 9.59 Å². The highest BCUT2D eigenvalue weighted by Crippen LogP contribution is 2.37. The Morgan fingerprint density at radius 2 is 1.46 bits per heavy atom. The fourth-order valence-corrected chi connectivity index (χ4v) is 4.82. The van der Waals surface area contributed by atoms with E-state index in [4.69, 9.17) is 0 Å². The predicted molar refractivity (Wildman–Crippen MR) is 111 cm³/mol. The molecule has 0 bridgehead atoms. The van der Waals surface area contributed by atoms with Crippen LogP contribution in [0.2, 0.25) is 0 Å². The Balaban J connectivity index is 1.50. The van der Waals surface area contributed by atoms with Gasteiger partial charge in [-0.1, -0.05) is 60.7 Å². The molecule has 1 N–H and O–H groups in total. The van der Waals surface area contributed by atoms with Gasteiger partial charge in [-0.2, -0.15) is 0 Å². The highest BCUT2D eigenvalue weighted by atomic mass is 32.1. The van der Waals surface area contributed by atoms with Gasteiger partial charge in [0.25, 0.3) is 5.91 Å². The summed E-state index contributed by atoms with van der Waals surface area (Å²) in [5.74, 6) is -0.826. The summed E-state index contributed by atoms with van der Waals surface area (Å²) in [5, 5.41) is 9.91. The molecule has 142 valence electrons. The summed E-state index contributed by atoms with van der Waals surface area (Å²) in [6.45, 7) is 0.886. The van der Waals surface area contributed by atoms with Gasteiger partial charge in [0.05, 0.1) is 10.3 Å². The van der Waals surface area contributed by atoms with Gasteiger partial charge >= 0.3 is 5.97 Å². The first-order valence-corrected chi connectivity index (χ1v) is 10.2. The molecule has 1 saturated heterocycles. The Labute approximate surface area is 168 Å². The minimum Gasteiger partial charge on any atom is -0.481 e. The number of nitrogens with zero attached hydrogens (tertiary/aromatic N) is 1. The van der Waals surface area contributed by atoms with Crippen molar-refractivity contribution in [3.8, 4) is 10.4 Å². The number of hydrogen-bond donors (Lipinski definition) is 1. The van der Waals surface area contributed by atoms with Crippen LogP contribution in [-0.4, -0.2) is 35.0 Å². The molecule has 1 aliphatic rings. The molecule has 0 unspecified atom stereocenters. The molecule has 3 aromatic rings. The zero-order valence-corrected chi connectivity index (χ0v) is 16.2. The van der Waals surface area contributed by atoms with E-state index in [0.29, 0.717) is 30.8 Å². The standard InChI is InChI=1S/C23H21NO3S/c25-21(20-12-11-19(28-20)17-7-3-1-4-8-17)24-15-13-23(14-16-24,22(26)27)18-9-5-2-6-10-18/h1-12H,13-16H2,(H,26,27). The van der Waals surface area contributed by atoms with Crippen LogP contribution >= 0.6 is 11.3 Å². The number of hydrogen-bond acceptors (Lipinski definition) is 3. The number of carbonyl (C=O) groups is 2. The quantitative estimate of drug-likeness (QED) is 0.703. The lowest BCUT2D eigenvalue weighted by molar-refractivity contribution is -0.145. The van der Waals surface area contributed by atoms with Crippen LogP contribution in [0.4, 0.5) is 0 Å². The van der Waals surface area contributed by atoms with Crippen molar-refractivity contribution < 1.29 is 14.7 Å². The van der Waals surface area contributed by atoms with E-state index in [1.807, 2.05) is 72.8 Å². The third-order valence-corrected chi connectivity index (χ3v) is 6.64. The van der Waals surface area contributed by atoms with E-state index >= 15 is 0 Å². The molecule has 0 radical (unpaired) electrons. The smallest absolute Gasteiger partial charge is 0.314 e. The third kappa shape index (κ3) is 3.34. The summed E-state index contributed by atoms with van der Waals surface area (Å²) in [6, 6.07) is 23.2. The van der Waals surface area contributed by atoms with Gasteiger partial charge in [-0.25, -0.2) is 0 Å². The molecule has 2 heterocycles. The second kappa shape index (κ2) is 7.60. The highest BCUT2D eigenvalue weighted by Gasteiger charge is 2.44. The highest BCUT2D eigenvalue weighted by molar-refractivity contribution is 7.17. The lowest BCUT2D eigenvalue weighted by atomic mass is 9.73. The number of carboxylic acid groups (broad SMARTS) is 1. The summed E-state index contributed by atoms with van der Waals surface area (Å²) in [4.78, 5) is 28.6. The van der Waals surface area contributed by atoms with Crippen LogP contribution in [0.25, 0.3) is 10.4 Å². The number of rotatable bonds is 4. The van der Waals surface area contributed by atoms with Crippen molar-refractivity contribution in [3.63, 3.8) is 0 Å². The molecular weight excluding hydrogens is 370 g/mol. The molecule has 1 aliphatic heterocycles. The Morgan fingerprint density at radius 3 is 2.07 bits per heavy atom. The van der Waals surface area contributed by atoms with Crippen molar-refractivity contribution in [2.24, 2.45) is 0 Å². The maximum atomic E-state index is 13.0. The summed E-state index contributed by atoms with van der Waals surface area (Å²) >= 11 is 1.48. The summed E-state index contributed by atoms with van der Waals surface area (Å²) in [6.07, 6.45) is 0.851. The van der Waals surface area contributed by atoms with Crippen molar-refractivity contribution in [2.45, 2.75) is 18.3 Å². The number of piperidine rings is 1. The average molecular weight is 391 g/mol. The van der Waals surface area contributed by atoms with Crippen molar-refractivity contribution >= 4 is 23.2 Å². The molecule has 0 saturated carbocycles. The van der Waals surface area contributed by atoms with Gasteiger partial charge in [0, 0.05) is 18.0 Å². The molecule has 1 fully saturated rings. The molecule has 0 spiro atoms. The van der Waals surface area contributed by atoms with Crippen molar-refractivity contribution in [1.29, 1.82) is 0 Å². The number of amides is 1. The zero-order valence-electron chi connectivity index (χ0n) is 15.4. The van der Waals surface area contributed by atoms with Crippen LogP contribution in [-0.2, 0) is 10.2 Å². The number of benzene rings is 2. The lowest BCUT2D eigenvalue weighted by Gasteiger charge is -2.39. The first-order valence-electron chi connectivity index (χ1n) is 9.34. The van der Waals surface area contributed by atoms with Crippen LogP contribution in [0.3, 0.4) is 0 Å². The molecular formula is C23H21NO3S. The number of thiophene rings is 1. The lowest BCUT2D eigenvalue weighted by Crippen LogP contribution is -2.49. The summed E-state index contributed by atoms with van der Waals surface area (Å²) in [5.41, 5.74) is 0.999. The fraction of sp³-hybridized carbons (Fsp3) is 0.217. The van der Waals surface area contributed by atoms with Gasteiger partial charge < -0.3 is 10.0 Å². The molecule has 0 atom stereocenters. The van der Waals surface area contributed by atoms with E-state index in [1.54, 1.807) is 4.90 Å². The first-order chi connectivity index (χ1) is 13.6. The first kappa shape index (κ1) is 18.4. The van der Waals surface area contributed by atoms with Crippen molar-refractivity contribution in [1.82, 2.24) is 4.90 Å². The SMILES string of the molecule is O=C(c1ccc(-c2ccccc2)s1)N1CCC(C(=O)O)(c2ccccc2)CC1. The van der Waals surface area contributed by atoms with E-state index in [9.17, 15) is 14.7 Å². The van der Waals surface area contributed by atoms with Crippen LogP contribution in [0.5, 0.6) is 0 Å². The Hall–Kier alpha value is -2.92. The predicted octanol–water partition coefficient (Wildman–Crippen LogP) is 4.67. The van der Waals surface area contributed by atoms with Crippen molar-refractivity contribution in [2.75, 3.05) is 13.1 Å². The van der Waals surface area contributed by atoms with Crippen LogP contribution in [0, 0.1) is 0 Å². The normalized spacial score (nSPS) is 15.9. The van der Waals surface area contributed by atoms with Gasteiger partial charge in [0.2, 0.25) is 0 Å². The Morgan fingerprint density at radius 1 is 0.857 bits per heavy atom. The van der Waals surface area contributed by atoms with E-state index in [2.05, 4.69) is 0 Å². The third-order valence-electron chi connectivity index (χ3n) is 5.52. The van der Waals surface area contributed by atoms with E-state index in [-0.39, 0.29) is 5.91 Å². The number of likely N-dealkylation sites (tertiary alicyclic amines) is 1. The van der Waals surface area contributed by atoms with Gasteiger partial charge in [-0.05, 0) is 36.1 Å². The van der Waals surface area contributed by atoms with E-state index in [1.165, 1.54) is 11.3 Å². The average Bonchev–Trinajstić information content (AvgIpc) is 3.25. The van der Waals surface area contributed by atoms with Crippen molar-refractivity contribution in [3.05, 3.63) is 83.2 Å². The second-order valence-corrected chi connectivity index (χ2v) is 8.16. The Bertz CT molecular complexity index is 973. The monoisotopic (exact) mass is 391 g/mol. The summed E-state index contributed by atoms with van der Waals surface area (Å²) in [7, 11) is 0. The molecule has 28 heavy (non-hydrogen) atoms. The topological polar surface area (TPSA) is 57.6 Å². The fourth-order valence-electron chi connectivity index (χ4n) is 3.84. The summed E-state index contributed by atoms with van der Waals surface area (Å²) < 4.78 is 0. The van der Waals surface area contributed by atoms with Crippen LogP contribution < -0.4 is 0 Å². The van der Waals surface area contributed by atoms with Gasteiger partial charge in [0.15, 0.2) is 0 Å². The molecule has 1 amide bonds. The molecule has 0 aliphatic carbocycles. The minimum absolute atomic E-state index is 0.0146. The number of aliphatic carboxylic acids is 1. The van der Waals surface area contributed by atoms with E-state index < -0.39 is 11.4 Å². The molecule has 2 aromatic carbocycles. The number of carboxylic acids is 1. The second-order valence-electron chi connectivity index (χ2n) is 7.08. The number of carbonyl (C=O) groups excluding carboxylic acids is 1. The largest absolute Gasteiger partial charge is 0.481 e. The zero-order chi connectivity index (χ0) is 19.6. The molecule has 4 rings (SSSR count). The Kier molecular flexibility index (Phi) is 5.01. The minimum atomic E-state index is -0.914. The molecule has 1 aromatic heterocycles. The maximum Gasteiger partial charge on any atom is 0.314 e.